The van der Waals surface area contributed by atoms with Gasteiger partial charge in [-0.2, -0.15) is 0 Å². The summed E-state index contributed by atoms with van der Waals surface area (Å²) in [4.78, 5) is 4.42. The fraction of sp³-hybridized carbons (Fsp3) is 0.0500. The van der Waals surface area contributed by atoms with Crippen LogP contribution < -0.4 is 0 Å². The van der Waals surface area contributed by atoms with Gasteiger partial charge in [-0.3, -0.25) is 0 Å². The zero-order chi connectivity index (χ0) is 18.3. The number of aromatic nitrogens is 1. The van der Waals surface area contributed by atoms with E-state index in [1.165, 1.54) is 0 Å². The summed E-state index contributed by atoms with van der Waals surface area (Å²) in [5.41, 5.74) is 0.608. The molecule has 0 amide bonds. The van der Waals surface area contributed by atoms with Crippen LogP contribution in [0.5, 0.6) is 0 Å². The van der Waals surface area contributed by atoms with E-state index in [4.69, 9.17) is 23.2 Å². The molecule has 130 valence electrons. The van der Waals surface area contributed by atoms with Crippen LogP contribution in [0.3, 0.4) is 0 Å². The third kappa shape index (κ3) is 3.05. The molecule has 0 aliphatic carbocycles. The first kappa shape index (κ1) is 17.3. The van der Waals surface area contributed by atoms with Crippen molar-refractivity contribution >= 4 is 54.6 Å². The minimum atomic E-state index is -3.52. The van der Waals surface area contributed by atoms with E-state index in [9.17, 15) is 8.42 Å². The summed E-state index contributed by atoms with van der Waals surface area (Å²) < 4.78 is 25.7. The third-order valence-corrected chi connectivity index (χ3v) is 6.51. The van der Waals surface area contributed by atoms with Gasteiger partial charge in [-0.25, -0.2) is 13.4 Å². The number of fused-ring (bicyclic) bond motifs is 3. The van der Waals surface area contributed by atoms with E-state index in [0.29, 0.717) is 16.0 Å². The van der Waals surface area contributed by atoms with Gasteiger partial charge in [0.05, 0.1) is 10.6 Å². The summed E-state index contributed by atoms with van der Waals surface area (Å²) in [5, 5.41) is 4.22. The highest BCUT2D eigenvalue weighted by Gasteiger charge is 2.19. The number of rotatable bonds is 3. The summed E-state index contributed by atoms with van der Waals surface area (Å²) in [6.07, 6.45) is 1.62. The summed E-state index contributed by atoms with van der Waals surface area (Å²) in [5.74, 6) is -0.165. The third-order valence-electron chi connectivity index (χ3n) is 4.31. The zero-order valence-electron chi connectivity index (χ0n) is 13.5. The van der Waals surface area contributed by atoms with Gasteiger partial charge in [0.1, 0.15) is 5.15 Å². The summed E-state index contributed by atoms with van der Waals surface area (Å²) in [6.45, 7) is 0. The maximum absolute atomic E-state index is 12.9. The summed E-state index contributed by atoms with van der Waals surface area (Å²) in [7, 11) is -3.52. The molecule has 3 nitrogen and oxygen atoms in total. The molecule has 0 fully saturated rings. The number of sulfone groups is 1. The second-order valence-corrected chi connectivity index (χ2v) is 8.78. The highest BCUT2D eigenvalue weighted by molar-refractivity contribution is 7.90. The molecule has 4 rings (SSSR count). The molecular formula is C20H13Cl2NO2S. The molecule has 1 aromatic heterocycles. The van der Waals surface area contributed by atoms with Crippen molar-refractivity contribution in [1.82, 2.24) is 4.98 Å². The van der Waals surface area contributed by atoms with E-state index in [1.807, 2.05) is 24.3 Å². The van der Waals surface area contributed by atoms with Crippen LogP contribution in [-0.2, 0) is 15.6 Å². The Balaban J connectivity index is 1.99. The largest absolute Gasteiger partial charge is 0.244 e. The molecule has 0 aliphatic heterocycles. The molecule has 26 heavy (non-hydrogen) atoms. The molecule has 3 aromatic carbocycles. The fourth-order valence-corrected chi connectivity index (χ4v) is 4.99. The molecule has 0 spiro atoms. The van der Waals surface area contributed by atoms with Crippen LogP contribution in [0, 0.1) is 0 Å². The first-order chi connectivity index (χ1) is 12.5. The van der Waals surface area contributed by atoms with E-state index in [1.54, 1.807) is 42.6 Å². The van der Waals surface area contributed by atoms with Crippen LogP contribution >= 0.6 is 23.2 Å². The number of pyridine rings is 1. The van der Waals surface area contributed by atoms with Gasteiger partial charge in [0, 0.05) is 16.6 Å². The fourth-order valence-electron chi connectivity index (χ4n) is 3.15. The van der Waals surface area contributed by atoms with Gasteiger partial charge in [0.2, 0.25) is 0 Å². The summed E-state index contributed by atoms with van der Waals surface area (Å²) >= 11 is 12.5. The number of benzene rings is 3. The topological polar surface area (TPSA) is 47.0 Å². The van der Waals surface area contributed by atoms with Crippen LogP contribution in [-0.4, -0.2) is 13.4 Å². The van der Waals surface area contributed by atoms with E-state index < -0.39 is 9.84 Å². The van der Waals surface area contributed by atoms with Crippen molar-refractivity contribution in [2.75, 3.05) is 0 Å². The lowest BCUT2D eigenvalue weighted by Gasteiger charge is -2.12. The van der Waals surface area contributed by atoms with Gasteiger partial charge in [0.25, 0.3) is 0 Å². The van der Waals surface area contributed by atoms with Crippen LogP contribution in [0.4, 0.5) is 0 Å². The Bertz CT molecular complexity index is 1240. The van der Waals surface area contributed by atoms with Crippen molar-refractivity contribution in [3.63, 3.8) is 0 Å². The van der Waals surface area contributed by atoms with Crippen molar-refractivity contribution < 1.29 is 8.42 Å². The SMILES string of the molecule is O=S(=O)(Cc1cc2cc(Cl)ccc2c2ccnc(Cl)c12)c1ccccc1. The first-order valence-corrected chi connectivity index (χ1v) is 10.3. The standard InChI is InChI=1S/C20H13Cl2NO2S/c21-15-6-7-17-13(11-15)10-14(19-18(17)8-9-23-20(19)22)12-26(24,25)16-4-2-1-3-5-16/h1-11H,12H2. The maximum atomic E-state index is 12.9. The second kappa shape index (κ2) is 6.54. The van der Waals surface area contributed by atoms with Crippen molar-refractivity contribution in [3.8, 4) is 0 Å². The van der Waals surface area contributed by atoms with E-state index in [2.05, 4.69) is 4.98 Å². The van der Waals surface area contributed by atoms with Crippen LogP contribution in [0.15, 0.2) is 71.8 Å². The lowest BCUT2D eigenvalue weighted by atomic mass is 9.99. The quantitative estimate of drug-likeness (QED) is 0.328. The van der Waals surface area contributed by atoms with Gasteiger partial charge >= 0.3 is 0 Å². The molecule has 1 heterocycles. The van der Waals surface area contributed by atoms with Crippen LogP contribution in [0.1, 0.15) is 5.56 Å². The van der Waals surface area contributed by atoms with Crippen molar-refractivity contribution in [1.29, 1.82) is 0 Å². The Labute approximate surface area is 161 Å². The number of nitrogens with zero attached hydrogens (tertiary/aromatic N) is 1. The highest BCUT2D eigenvalue weighted by Crippen LogP contribution is 2.35. The van der Waals surface area contributed by atoms with Crippen molar-refractivity contribution in [2.24, 2.45) is 0 Å². The lowest BCUT2D eigenvalue weighted by molar-refractivity contribution is 0.595. The predicted octanol–water partition coefficient (Wildman–Crippen LogP) is 5.67. The summed E-state index contributed by atoms with van der Waals surface area (Å²) in [6, 6.07) is 17.6. The average Bonchev–Trinajstić information content (AvgIpc) is 2.62. The van der Waals surface area contributed by atoms with Crippen LogP contribution in [0.25, 0.3) is 21.5 Å². The molecule has 0 radical (unpaired) electrons. The molecule has 0 atom stereocenters. The molecule has 0 saturated carbocycles. The number of hydrogen-bond acceptors (Lipinski definition) is 3. The number of halogens is 2. The minimum absolute atomic E-state index is 0.165. The highest BCUT2D eigenvalue weighted by atomic mass is 35.5. The Hall–Kier alpha value is -2.14. The van der Waals surface area contributed by atoms with Gasteiger partial charge in [0.15, 0.2) is 9.84 Å². The van der Waals surface area contributed by atoms with E-state index in [0.717, 1.165) is 16.2 Å². The van der Waals surface area contributed by atoms with E-state index >= 15 is 0 Å². The predicted molar refractivity (Wildman–Crippen MR) is 107 cm³/mol. The van der Waals surface area contributed by atoms with Crippen molar-refractivity contribution in [2.45, 2.75) is 10.6 Å². The minimum Gasteiger partial charge on any atom is -0.244 e. The normalized spacial score (nSPS) is 11.9. The lowest BCUT2D eigenvalue weighted by Crippen LogP contribution is -2.06. The number of hydrogen-bond donors (Lipinski definition) is 0. The zero-order valence-corrected chi connectivity index (χ0v) is 15.8. The van der Waals surface area contributed by atoms with Gasteiger partial charge < -0.3 is 0 Å². The van der Waals surface area contributed by atoms with Gasteiger partial charge in [-0.05, 0) is 58.1 Å². The van der Waals surface area contributed by atoms with Gasteiger partial charge in [-0.1, -0.05) is 47.5 Å². The molecular weight excluding hydrogens is 389 g/mol. The first-order valence-electron chi connectivity index (χ1n) is 7.89. The monoisotopic (exact) mass is 401 g/mol. The molecule has 4 aromatic rings. The maximum Gasteiger partial charge on any atom is 0.182 e. The average molecular weight is 402 g/mol. The second-order valence-electron chi connectivity index (χ2n) is 6.00. The van der Waals surface area contributed by atoms with Crippen molar-refractivity contribution in [3.05, 3.63) is 82.6 Å². The molecule has 6 heteroatoms. The molecule has 0 N–H and O–H groups in total. The molecule has 0 aliphatic rings. The Morgan fingerprint density at radius 2 is 1.65 bits per heavy atom. The van der Waals surface area contributed by atoms with Gasteiger partial charge in [-0.15, -0.1) is 0 Å². The Morgan fingerprint density at radius 3 is 2.42 bits per heavy atom. The molecule has 0 unspecified atom stereocenters. The van der Waals surface area contributed by atoms with E-state index in [-0.39, 0.29) is 15.8 Å². The Morgan fingerprint density at radius 1 is 0.885 bits per heavy atom. The smallest absolute Gasteiger partial charge is 0.182 e. The van der Waals surface area contributed by atoms with Crippen LogP contribution in [0.2, 0.25) is 10.2 Å². The molecule has 0 saturated heterocycles. The Kier molecular flexibility index (Phi) is 4.35. The molecule has 0 bridgehead atoms.